The summed E-state index contributed by atoms with van der Waals surface area (Å²) in [6.45, 7) is 11.0. The maximum Gasteiger partial charge on any atom is 0.123 e. The molecule has 2 unspecified atom stereocenters. The Morgan fingerprint density at radius 2 is 1.79 bits per heavy atom. The summed E-state index contributed by atoms with van der Waals surface area (Å²) in [5, 5.41) is 3.49. The van der Waals surface area contributed by atoms with Gasteiger partial charge in [0.25, 0.3) is 0 Å². The van der Waals surface area contributed by atoms with Crippen LogP contribution in [0.4, 0.5) is 4.39 Å². The predicted molar refractivity (Wildman–Crippen MR) is 83.8 cm³/mol. The van der Waals surface area contributed by atoms with Gasteiger partial charge < -0.3 is 5.32 Å². The van der Waals surface area contributed by atoms with Gasteiger partial charge in [0.1, 0.15) is 5.82 Å². The molecule has 1 aromatic rings. The van der Waals surface area contributed by atoms with Crippen molar-refractivity contribution in [3.63, 3.8) is 0 Å². The van der Waals surface area contributed by atoms with Gasteiger partial charge >= 0.3 is 0 Å². The molecular formula is C16H25BrFN. The zero-order valence-electron chi connectivity index (χ0n) is 12.3. The second-order valence-corrected chi connectivity index (χ2v) is 6.80. The van der Waals surface area contributed by atoms with Gasteiger partial charge in [-0.05, 0) is 61.0 Å². The van der Waals surface area contributed by atoms with Gasteiger partial charge in [-0.2, -0.15) is 0 Å². The van der Waals surface area contributed by atoms with Crippen LogP contribution in [-0.2, 0) is 6.42 Å². The molecule has 1 rings (SSSR count). The minimum atomic E-state index is -0.156. The van der Waals surface area contributed by atoms with E-state index in [1.54, 1.807) is 12.1 Å². The minimum absolute atomic E-state index is 0.156. The molecule has 1 nitrogen and oxygen atoms in total. The highest BCUT2D eigenvalue weighted by Crippen LogP contribution is 2.24. The van der Waals surface area contributed by atoms with Crippen molar-refractivity contribution < 1.29 is 4.39 Å². The van der Waals surface area contributed by atoms with Crippen molar-refractivity contribution in [2.75, 3.05) is 13.1 Å². The van der Waals surface area contributed by atoms with Crippen LogP contribution in [0.2, 0.25) is 0 Å². The Kier molecular flexibility index (Phi) is 7.01. The van der Waals surface area contributed by atoms with Crippen LogP contribution >= 0.6 is 15.9 Å². The van der Waals surface area contributed by atoms with Crippen LogP contribution in [0.3, 0.4) is 0 Å². The Morgan fingerprint density at radius 3 is 2.42 bits per heavy atom. The molecule has 3 heteroatoms. The number of hydrogen-bond acceptors (Lipinski definition) is 1. The van der Waals surface area contributed by atoms with Gasteiger partial charge in [-0.15, -0.1) is 0 Å². The molecule has 0 aliphatic carbocycles. The van der Waals surface area contributed by atoms with Crippen molar-refractivity contribution in [1.82, 2.24) is 5.32 Å². The maximum atomic E-state index is 13.3. The van der Waals surface area contributed by atoms with Gasteiger partial charge in [0.15, 0.2) is 0 Å². The summed E-state index contributed by atoms with van der Waals surface area (Å²) in [5.74, 6) is 1.63. The quantitative estimate of drug-likeness (QED) is 0.767. The summed E-state index contributed by atoms with van der Waals surface area (Å²) in [5.41, 5.74) is 1.06. The SMILES string of the molecule is CC(C)CNCC(C)C(C)Cc1cc(F)ccc1Br. The zero-order valence-corrected chi connectivity index (χ0v) is 13.9. The molecule has 0 bridgehead atoms. The molecule has 0 fully saturated rings. The summed E-state index contributed by atoms with van der Waals surface area (Å²) in [6, 6.07) is 4.92. The Morgan fingerprint density at radius 1 is 1.11 bits per heavy atom. The summed E-state index contributed by atoms with van der Waals surface area (Å²) in [7, 11) is 0. The van der Waals surface area contributed by atoms with Gasteiger partial charge in [0.2, 0.25) is 0 Å². The van der Waals surface area contributed by atoms with Gasteiger partial charge in [0.05, 0.1) is 0 Å². The summed E-state index contributed by atoms with van der Waals surface area (Å²) >= 11 is 3.50. The number of rotatable bonds is 7. The fourth-order valence-corrected chi connectivity index (χ4v) is 2.46. The van der Waals surface area contributed by atoms with E-state index in [9.17, 15) is 4.39 Å². The highest BCUT2D eigenvalue weighted by Gasteiger charge is 2.14. The zero-order chi connectivity index (χ0) is 14.4. The molecule has 19 heavy (non-hydrogen) atoms. The molecule has 0 spiro atoms. The van der Waals surface area contributed by atoms with Gasteiger partial charge in [-0.25, -0.2) is 4.39 Å². The van der Waals surface area contributed by atoms with E-state index in [0.29, 0.717) is 17.8 Å². The highest BCUT2D eigenvalue weighted by atomic mass is 79.9. The Bertz CT molecular complexity index is 392. The Labute approximate surface area is 125 Å². The van der Waals surface area contributed by atoms with E-state index in [4.69, 9.17) is 0 Å². The van der Waals surface area contributed by atoms with Crippen LogP contribution in [0.15, 0.2) is 22.7 Å². The van der Waals surface area contributed by atoms with Crippen LogP contribution in [0.1, 0.15) is 33.3 Å². The molecule has 0 saturated carbocycles. The lowest BCUT2D eigenvalue weighted by Gasteiger charge is -2.21. The van der Waals surface area contributed by atoms with Crippen molar-refractivity contribution in [3.05, 3.63) is 34.1 Å². The van der Waals surface area contributed by atoms with Crippen molar-refractivity contribution in [3.8, 4) is 0 Å². The number of halogens is 2. The van der Waals surface area contributed by atoms with Gasteiger partial charge in [0, 0.05) is 4.47 Å². The van der Waals surface area contributed by atoms with Crippen LogP contribution < -0.4 is 5.32 Å². The van der Waals surface area contributed by atoms with E-state index in [1.807, 2.05) is 0 Å². The first-order valence-corrected chi connectivity index (χ1v) is 7.84. The van der Waals surface area contributed by atoms with Crippen molar-refractivity contribution in [2.45, 2.75) is 34.1 Å². The predicted octanol–water partition coefficient (Wildman–Crippen LogP) is 4.65. The Balaban J connectivity index is 2.49. The summed E-state index contributed by atoms with van der Waals surface area (Å²) in [4.78, 5) is 0. The van der Waals surface area contributed by atoms with Crippen LogP contribution in [0.25, 0.3) is 0 Å². The van der Waals surface area contributed by atoms with Crippen molar-refractivity contribution in [2.24, 2.45) is 17.8 Å². The van der Waals surface area contributed by atoms with Gasteiger partial charge in [-0.3, -0.25) is 0 Å². The summed E-state index contributed by atoms with van der Waals surface area (Å²) < 4.78 is 14.3. The van der Waals surface area contributed by atoms with E-state index >= 15 is 0 Å². The average Bonchev–Trinajstić information content (AvgIpc) is 2.33. The maximum absolute atomic E-state index is 13.3. The molecule has 2 atom stereocenters. The van der Waals surface area contributed by atoms with Crippen molar-refractivity contribution >= 4 is 15.9 Å². The average molecular weight is 330 g/mol. The highest BCUT2D eigenvalue weighted by molar-refractivity contribution is 9.10. The third-order valence-corrected chi connectivity index (χ3v) is 4.31. The van der Waals surface area contributed by atoms with Crippen LogP contribution in [0, 0.1) is 23.6 Å². The van der Waals surface area contributed by atoms with Crippen LogP contribution in [-0.4, -0.2) is 13.1 Å². The lowest BCUT2D eigenvalue weighted by molar-refractivity contribution is 0.357. The van der Waals surface area contributed by atoms with E-state index < -0.39 is 0 Å². The summed E-state index contributed by atoms with van der Waals surface area (Å²) in [6.07, 6.45) is 0.906. The molecule has 0 aliphatic heterocycles. The molecule has 0 heterocycles. The first kappa shape index (κ1) is 16.6. The third kappa shape index (κ3) is 6.05. The van der Waals surface area contributed by atoms with Gasteiger partial charge in [-0.1, -0.05) is 43.6 Å². The van der Waals surface area contributed by atoms with E-state index in [1.165, 1.54) is 6.07 Å². The standard InChI is InChI=1S/C16H25BrFN/c1-11(2)9-19-10-13(4)12(3)7-14-8-15(18)5-6-16(14)17/h5-6,8,11-13,19H,7,9-10H2,1-4H3. The molecule has 0 saturated heterocycles. The van der Waals surface area contributed by atoms with Crippen LogP contribution in [0.5, 0.6) is 0 Å². The molecular weight excluding hydrogens is 305 g/mol. The molecule has 0 aliphatic rings. The monoisotopic (exact) mass is 329 g/mol. The first-order chi connectivity index (χ1) is 8.90. The number of benzene rings is 1. The smallest absolute Gasteiger partial charge is 0.123 e. The van der Waals surface area contributed by atoms with E-state index in [-0.39, 0.29) is 5.82 Å². The number of hydrogen-bond donors (Lipinski definition) is 1. The normalized spacial score (nSPS) is 14.7. The largest absolute Gasteiger partial charge is 0.316 e. The van der Waals surface area contributed by atoms with Crippen molar-refractivity contribution in [1.29, 1.82) is 0 Å². The molecule has 0 radical (unpaired) electrons. The molecule has 0 amide bonds. The third-order valence-electron chi connectivity index (χ3n) is 3.54. The molecule has 0 aromatic heterocycles. The molecule has 108 valence electrons. The second kappa shape index (κ2) is 8.01. The Hall–Kier alpha value is -0.410. The molecule has 1 aromatic carbocycles. The first-order valence-electron chi connectivity index (χ1n) is 7.04. The van der Waals surface area contributed by atoms with E-state index in [0.717, 1.165) is 29.5 Å². The fraction of sp³-hybridized carbons (Fsp3) is 0.625. The fourth-order valence-electron chi connectivity index (χ4n) is 2.05. The molecule has 1 N–H and O–H groups in total. The topological polar surface area (TPSA) is 12.0 Å². The minimum Gasteiger partial charge on any atom is -0.316 e. The second-order valence-electron chi connectivity index (χ2n) is 5.95. The number of nitrogens with one attached hydrogen (secondary N) is 1. The lowest BCUT2D eigenvalue weighted by Crippen LogP contribution is -2.28. The lowest BCUT2D eigenvalue weighted by atomic mass is 9.89. The van der Waals surface area contributed by atoms with E-state index in [2.05, 4.69) is 48.9 Å².